The molecule has 0 N–H and O–H groups in total. The van der Waals surface area contributed by atoms with E-state index in [1.54, 1.807) is 0 Å². The van der Waals surface area contributed by atoms with Crippen molar-refractivity contribution in [2.45, 2.75) is 53.4 Å². The van der Waals surface area contributed by atoms with Crippen LogP contribution in [0.1, 0.15) is 53.4 Å². The third-order valence-corrected chi connectivity index (χ3v) is 2.58. The van der Waals surface area contributed by atoms with Crippen LogP contribution in [0.25, 0.3) is 0 Å². The van der Waals surface area contributed by atoms with E-state index in [0.717, 1.165) is 5.92 Å². The van der Waals surface area contributed by atoms with Crippen LogP contribution < -0.4 is 0 Å². The van der Waals surface area contributed by atoms with Crippen LogP contribution in [0.15, 0.2) is 12.7 Å². The summed E-state index contributed by atoms with van der Waals surface area (Å²) in [6, 6.07) is 0. The first-order chi connectivity index (χ1) is 5.52. The van der Waals surface area contributed by atoms with Crippen molar-refractivity contribution >= 4 is 0 Å². The standard InChI is InChI=1S/C12H24/c1-6-8-10-11(9-7-2)12(3,4)5/h6,11H,1,7-10H2,2-5H3. The lowest BCUT2D eigenvalue weighted by Gasteiger charge is -2.30. The van der Waals surface area contributed by atoms with Crippen LogP contribution in [0, 0.1) is 11.3 Å². The Labute approximate surface area is 78.1 Å². The summed E-state index contributed by atoms with van der Waals surface area (Å²) in [6.07, 6.45) is 7.17. The first-order valence-corrected chi connectivity index (χ1v) is 5.13. The van der Waals surface area contributed by atoms with Gasteiger partial charge in [-0.25, -0.2) is 0 Å². The monoisotopic (exact) mass is 168 g/mol. The Hall–Kier alpha value is -0.260. The second-order valence-electron chi connectivity index (χ2n) is 4.72. The van der Waals surface area contributed by atoms with Crippen molar-refractivity contribution in [3.8, 4) is 0 Å². The van der Waals surface area contributed by atoms with E-state index in [2.05, 4.69) is 34.3 Å². The molecular formula is C12H24. The summed E-state index contributed by atoms with van der Waals surface area (Å²) in [4.78, 5) is 0. The summed E-state index contributed by atoms with van der Waals surface area (Å²) >= 11 is 0. The first-order valence-electron chi connectivity index (χ1n) is 5.13. The molecule has 0 aliphatic carbocycles. The van der Waals surface area contributed by atoms with Gasteiger partial charge >= 0.3 is 0 Å². The lowest BCUT2D eigenvalue weighted by molar-refractivity contribution is 0.211. The van der Waals surface area contributed by atoms with E-state index in [-0.39, 0.29) is 0 Å². The molecule has 0 rings (SSSR count). The SMILES string of the molecule is C=CCCC(CCC)C(C)(C)C. The summed E-state index contributed by atoms with van der Waals surface area (Å²) in [5.74, 6) is 0.862. The number of rotatable bonds is 5. The third kappa shape index (κ3) is 4.58. The Bertz CT molecular complexity index is 116. The van der Waals surface area contributed by atoms with Gasteiger partial charge in [0.1, 0.15) is 0 Å². The summed E-state index contributed by atoms with van der Waals surface area (Å²) in [5, 5.41) is 0. The van der Waals surface area contributed by atoms with E-state index in [1.165, 1.54) is 25.7 Å². The largest absolute Gasteiger partial charge is 0.103 e. The van der Waals surface area contributed by atoms with Crippen LogP contribution in [0.2, 0.25) is 0 Å². The molecule has 0 saturated heterocycles. The number of allylic oxidation sites excluding steroid dienone is 1. The van der Waals surface area contributed by atoms with Gasteiger partial charge in [-0.15, -0.1) is 6.58 Å². The van der Waals surface area contributed by atoms with E-state index in [4.69, 9.17) is 0 Å². The topological polar surface area (TPSA) is 0 Å². The molecular weight excluding hydrogens is 144 g/mol. The second kappa shape index (κ2) is 5.40. The Morgan fingerprint density at radius 1 is 1.25 bits per heavy atom. The zero-order chi connectivity index (χ0) is 9.61. The quantitative estimate of drug-likeness (QED) is 0.533. The minimum absolute atomic E-state index is 0.471. The van der Waals surface area contributed by atoms with Gasteiger partial charge in [-0.2, -0.15) is 0 Å². The van der Waals surface area contributed by atoms with Crippen LogP contribution in [0.3, 0.4) is 0 Å². The van der Waals surface area contributed by atoms with Crippen molar-refractivity contribution in [1.82, 2.24) is 0 Å². The maximum absolute atomic E-state index is 3.77. The van der Waals surface area contributed by atoms with Crippen LogP contribution in [-0.2, 0) is 0 Å². The highest BCUT2D eigenvalue weighted by molar-refractivity contribution is 4.77. The van der Waals surface area contributed by atoms with E-state index in [1.807, 2.05) is 6.08 Å². The van der Waals surface area contributed by atoms with Gasteiger partial charge in [0.05, 0.1) is 0 Å². The minimum Gasteiger partial charge on any atom is -0.103 e. The Balaban J connectivity index is 3.94. The van der Waals surface area contributed by atoms with E-state index in [0.29, 0.717) is 5.41 Å². The molecule has 1 unspecified atom stereocenters. The van der Waals surface area contributed by atoms with Crippen molar-refractivity contribution in [2.75, 3.05) is 0 Å². The Kier molecular flexibility index (Phi) is 5.28. The minimum atomic E-state index is 0.471. The van der Waals surface area contributed by atoms with Gasteiger partial charge in [0.15, 0.2) is 0 Å². The van der Waals surface area contributed by atoms with Gasteiger partial charge in [0.25, 0.3) is 0 Å². The molecule has 1 atom stereocenters. The first kappa shape index (κ1) is 11.7. The summed E-state index contributed by atoms with van der Waals surface area (Å²) in [7, 11) is 0. The van der Waals surface area contributed by atoms with E-state index < -0.39 is 0 Å². The van der Waals surface area contributed by atoms with Crippen LogP contribution >= 0.6 is 0 Å². The molecule has 0 heteroatoms. The lowest BCUT2D eigenvalue weighted by atomic mass is 9.76. The van der Waals surface area contributed by atoms with Crippen molar-refractivity contribution in [3.63, 3.8) is 0 Å². The molecule has 0 aliphatic rings. The van der Waals surface area contributed by atoms with Gasteiger partial charge in [0.2, 0.25) is 0 Å². The molecule has 12 heavy (non-hydrogen) atoms. The molecule has 0 saturated carbocycles. The van der Waals surface area contributed by atoms with Gasteiger partial charge in [-0.3, -0.25) is 0 Å². The van der Waals surface area contributed by atoms with Crippen LogP contribution in [0.5, 0.6) is 0 Å². The molecule has 72 valence electrons. The Morgan fingerprint density at radius 2 is 1.83 bits per heavy atom. The maximum Gasteiger partial charge on any atom is -0.0351 e. The molecule has 0 aliphatic heterocycles. The fraction of sp³-hybridized carbons (Fsp3) is 0.833. The Morgan fingerprint density at radius 3 is 2.17 bits per heavy atom. The fourth-order valence-corrected chi connectivity index (χ4v) is 1.68. The molecule has 0 fully saturated rings. The molecule has 0 aromatic carbocycles. The van der Waals surface area contributed by atoms with E-state index >= 15 is 0 Å². The molecule has 0 aromatic heterocycles. The predicted octanol–water partition coefficient (Wildman–Crippen LogP) is 4.42. The highest BCUT2D eigenvalue weighted by Crippen LogP contribution is 2.33. The maximum atomic E-state index is 3.77. The normalized spacial score (nSPS) is 14.3. The summed E-state index contributed by atoms with van der Waals surface area (Å²) in [6.45, 7) is 13.1. The fourth-order valence-electron chi connectivity index (χ4n) is 1.68. The summed E-state index contributed by atoms with van der Waals surface area (Å²) in [5.41, 5.74) is 0.471. The highest BCUT2D eigenvalue weighted by atomic mass is 14.3. The number of hydrogen-bond donors (Lipinski definition) is 0. The summed E-state index contributed by atoms with van der Waals surface area (Å²) < 4.78 is 0. The molecule has 0 spiro atoms. The molecule has 0 heterocycles. The van der Waals surface area contributed by atoms with Gasteiger partial charge in [-0.1, -0.05) is 46.6 Å². The second-order valence-corrected chi connectivity index (χ2v) is 4.72. The average molecular weight is 168 g/mol. The van der Waals surface area contributed by atoms with Crippen molar-refractivity contribution in [1.29, 1.82) is 0 Å². The number of hydrogen-bond acceptors (Lipinski definition) is 0. The van der Waals surface area contributed by atoms with Gasteiger partial charge < -0.3 is 0 Å². The van der Waals surface area contributed by atoms with Gasteiger partial charge in [0, 0.05) is 0 Å². The zero-order valence-electron chi connectivity index (χ0n) is 9.19. The van der Waals surface area contributed by atoms with Crippen molar-refractivity contribution in [3.05, 3.63) is 12.7 Å². The molecule has 0 bridgehead atoms. The van der Waals surface area contributed by atoms with E-state index in [9.17, 15) is 0 Å². The zero-order valence-corrected chi connectivity index (χ0v) is 9.19. The third-order valence-electron chi connectivity index (χ3n) is 2.58. The predicted molar refractivity (Wildman–Crippen MR) is 57.3 cm³/mol. The van der Waals surface area contributed by atoms with Crippen molar-refractivity contribution in [2.24, 2.45) is 11.3 Å². The molecule has 0 amide bonds. The van der Waals surface area contributed by atoms with Crippen LogP contribution in [0.4, 0.5) is 0 Å². The van der Waals surface area contributed by atoms with Crippen LogP contribution in [-0.4, -0.2) is 0 Å². The average Bonchev–Trinajstić information content (AvgIpc) is 1.95. The smallest absolute Gasteiger partial charge is 0.0351 e. The van der Waals surface area contributed by atoms with Gasteiger partial charge in [-0.05, 0) is 24.2 Å². The molecule has 0 radical (unpaired) electrons. The lowest BCUT2D eigenvalue weighted by Crippen LogP contribution is -2.20. The highest BCUT2D eigenvalue weighted by Gasteiger charge is 2.22. The van der Waals surface area contributed by atoms with Crippen molar-refractivity contribution < 1.29 is 0 Å². The molecule has 0 nitrogen and oxygen atoms in total. The molecule has 0 aromatic rings.